The van der Waals surface area contributed by atoms with E-state index in [9.17, 15) is 0 Å². The number of rotatable bonds is 1. The third-order valence-corrected chi connectivity index (χ3v) is 2.25. The molecule has 0 amide bonds. The molecule has 2 N–H and O–H groups in total. The molecular formula is C9H12N2O. The molecule has 1 heterocycles. The van der Waals surface area contributed by atoms with Crippen molar-refractivity contribution in [3.8, 4) is 0 Å². The Morgan fingerprint density at radius 2 is 2.25 bits per heavy atom. The van der Waals surface area contributed by atoms with Crippen molar-refractivity contribution in [2.45, 2.75) is 13.1 Å². The van der Waals surface area contributed by atoms with Crippen LogP contribution < -0.4 is 5.73 Å². The molecule has 2 rings (SSSR count). The van der Waals surface area contributed by atoms with Gasteiger partial charge in [0.2, 0.25) is 0 Å². The maximum absolute atomic E-state index is 5.81. The van der Waals surface area contributed by atoms with E-state index in [1.807, 2.05) is 17.2 Å². The highest BCUT2D eigenvalue weighted by molar-refractivity contribution is 5.52. The molecule has 64 valence electrons. The van der Waals surface area contributed by atoms with Crippen LogP contribution in [0.25, 0.3) is 0 Å². The maximum atomic E-state index is 5.81. The summed E-state index contributed by atoms with van der Waals surface area (Å²) in [4.78, 5) is 5.13. The van der Waals surface area contributed by atoms with Gasteiger partial charge in [0.1, 0.15) is 0 Å². The fraction of sp³-hybridized carbons (Fsp3) is 0.333. The van der Waals surface area contributed by atoms with E-state index in [0.717, 1.165) is 18.8 Å². The lowest BCUT2D eigenvalue weighted by Crippen LogP contribution is -2.13. The number of nitrogens with zero attached hydrogens (tertiary/aromatic N) is 1. The second kappa shape index (κ2) is 2.77. The number of hydrogen-bond donors (Lipinski definition) is 1. The van der Waals surface area contributed by atoms with Gasteiger partial charge in [0.05, 0.1) is 13.7 Å². The summed E-state index contributed by atoms with van der Waals surface area (Å²) in [7, 11) is 1.68. The monoisotopic (exact) mass is 164 g/mol. The van der Waals surface area contributed by atoms with Gasteiger partial charge in [-0.15, -0.1) is 0 Å². The minimum atomic E-state index is 0.804. The smallest absolute Gasteiger partial charge is 0.0575 e. The molecule has 1 aliphatic heterocycles. The van der Waals surface area contributed by atoms with E-state index in [1.54, 1.807) is 7.11 Å². The fourth-order valence-corrected chi connectivity index (χ4v) is 1.55. The standard InChI is InChI=1S/C9H12N2O/c1-12-11-5-7-3-2-4-9(10)8(7)6-11/h2-4H,5-6,10H2,1H3. The van der Waals surface area contributed by atoms with Gasteiger partial charge in [-0.1, -0.05) is 12.1 Å². The largest absolute Gasteiger partial charge is 0.398 e. The van der Waals surface area contributed by atoms with Crippen molar-refractivity contribution in [1.82, 2.24) is 5.06 Å². The Morgan fingerprint density at radius 1 is 1.42 bits per heavy atom. The Morgan fingerprint density at radius 3 is 2.92 bits per heavy atom. The first kappa shape index (κ1) is 7.58. The van der Waals surface area contributed by atoms with Gasteiger partial charge in [-0.05, 0) is 17.2 Å². The van der Waals surface area contributed by atoms with Crippen molar-refractivity contribution in [2.75, 3.05) is 12.8 Å². The number of nitrogens with two attached hydrogens (primary N) is 1. The Balaban J connectivity index is 2.35. The summed E-state index contributed by atoms with van der Waals surface area (Å²) in [6.45, 7) is 1.65. The molecule has 0 unspecified atom stereocenters. The summed E-state index contributed by atoms with van der Waals surface area (Å²) in [5, 5.41) is 1.89. The number of benzene rings is 1. The summed E-state index contributed by atoms with van der Waals surface area (Å²) in [6.07, 6.45) is 0. The summed E-state index contributed by atoms with van der Waals surface area (Å²) in [5.74, 6) is 0. The number of fused-ring (bicyclic) bond motifs is 1. The van der Waals surface area contributed by atoms with Gasteiger partial charge in [-0.2, -0.15) is 5.06 Å². The summed E-state index contributed by atoms with van der Waals surface area (Å²) >= 11 is 0. The number of hydroxylamine groups is 2. The first-order chi connectivity index (χ1) is 5.81. The van der Waals surface area contributed by atoms with E-state index in [0.29, 0.717) is 0 Å². The van der Waals surface area contributed by atoms with Crippen molar-refractivity contribution in [3.63, 3.8) is 0 Å². The van der Waals surface area contributed by atoms with E-state index in [4.69, 9.17) is 10.6 Å². The molecule has 3 nitrogen and oxygen atoms in total. The Kier molecular flexibility index (Phi) is 1.75. The van der Waals surface area contributed by atoms with Gasteiger partial charge in [0.25, 0.3) is 0 Å². The zero-order valence-corrected chi connectivity index (χ0v) is 7.08. The molecule has 0 aliphatic carbocycles. The Labute approximate surface area is 71.7 Å². The summed E-state index contributed by atoms with van der Waals surface area (Å²) in [5.41, 5.74) is 9.16. The molecule has 0 spiro atoms. The second-order valence-corrected chi connectivity index (χ2v) is 2.97. The van der Waals surface area contributed by atoms with Crippen LogP contribution in [-0.4, -0.2) is 12.2 Å². The fourth-order valence-electron chi connectivity index (χ4n) is 1.55. The lowest BCUT2D eigenvalue weighted by molar-refractivity contribution is -0.137. The zero-order valence-electron chi connectivity index (χ0n) is 7.08. The van der Waals surface area contributed by atoms with E-state index < -0.39 is 0 Å². The predicted molar refractivity (Wildman–Crippen MR) is 47.1 cm³/mol. The molecule has 1 aliphatic rings. The van der Waals surface area contributed by atoms with Crippen molar-refractivity contribution < 1.29 is 4.84 Å². The van der Waals surface area contributed by atoms with Crippen LogP contribution in [0.2, 0.25) is 0 Å². The van der Waals surface area contributed by atoms with Crippen LogP contribution in [-0.2, 0) is 17.9 Å². The third kappa shape index (κ3) is 1.07. The summed E-state index contributed by atoms with van der Waals surface area (Å²) < 4.78 is 0. The van der Waals surface area contributed by atoms with Gasteiger partial charge in [-0.25, -0.2) is 0 Å². The van der Waals surface area contributed by atoms with Crippen LogP contribution in [0.4, 0.5) is 5.69 Å². The first-order valence-corrected chi connectivity index (χ1v) is 3.96. The molecule has 3 heteroatoms. The lowest BCUT2D eigenvalue weighted by Gasteiger charge is -2.09. The minimum Gasteiger partial charge on any atom is -0.398 e. The molecule has 0 atom stereocenters. The van der Waals surface area contributed by atoms with Crippen LogP contribution in [0, 0.1) is 0 Å². The van der Waals surface area contributed by atoms with E-state index in [-0.39, 0.29) is 0 Å². The highest BCUT2D eigenvalue weighted by atomic mass is 16.7. The molecule has 12 heavy (non-hydrogen) atoms. The van der Waals surface area contributed by atoms with Crippen molar-refractivity contribution in [1.29, 1.82) is 0 Å². The van der Waals surface area contributed by atoms with Crippen molar-refractivity contribution in [3.05, 3.63) is 29.3 Å². The SMILES string of the molecule is CON1Cc2cccc(N)c2C1. The van der Waals surface area contributed by atoms with Gasteiger partial charge in [0.15, 0.2) is 0 Å². The van der Waals surface area contributed by atoms with Crippen molar-refractivity contribution >= 4 is 5.69 Å². The lowest BCUT2D eigenvalue weighted by atomic mass is 10.1. The van der Waals surface area contributed by atoms with E-state index >= 15 is 0 Å². The normalized spacial score (nSPS) is 16.4. The number of hydrogen-bond acceptors (Lipinski definition) is 3. The predicted octanol–water partition coefficient (Wildman–Crippen LogP) is 1.15. The van der Waals surface area contributed by atoms with Crippen LogP contribution in [0.5, 0.6) is 0 Å². The molecule has 0 bridgehead atoms. The molecule has 0 aromatic heterocycles. The molecule has 1 aromatic carbocycles. The van der Waals surface area contributed by atoms with E-state index in [2.05, 4.69) is 6.07 Å². The highest BCUT2D eigenvalue weighted by Gasteiger charge is 2.19. The average Bonchev–Trinajstić information content (AvgIpc) is 2.49. The zero-order chi connectivity index (χ0) is 8.55. The quantitative estimate of drug-likeness (QED) is 0.633. The van der Waals surface area contributed by atoms with Gasteiger partial charge in [-0.3, -0.25) is 0 Å². The minimum absolute atomic E-state index is 0.804. The number of nitrogen functional groups attached to an aromatic ring is 1. The van der Waals surface area contributed by atoms with Crippen LogP contribution in [0.15, 0.2) is 18.2 Å². The summed E-state index contributed by atoms with van der Waals surface area (Å²) in [6, 6.07) is 6.00. The van der Waals surface area contributed by atoms with Gasteiger partial charge in [0, 0.05) is 12.2 Å². The van der Waals surface area contributed by atoms with Crippen LogP contribution >= 0.6 is 0 Å². The topological polar surface area (TPSA) is 38.5 Å². The Bertz CT molecular complexity index is 299. The molecule has 0 radical (unpaired) electrons. The van der Waals surface area contributed by atoms with Gasteiger partial charge >= 0.3 is 0 Å². The highest BCUT2D eigenvalue weighted by Crippen LogP contribution is 2.26. The third-order valence-electron chi connectivity index (χ3n) is 2.25. The second-order valence-electron chi connectivity index (χ2n) is 2.97. The van der Waals surface area contributed by atoms with Crippen LogP contribution in [0.1, 0.15) is 11.1 Å². The van der Waals surface area contributed by atoms with Crippen molar-refractivity contribution in [2.24, 2.45) is 0 Å². The number of anilines is 1. The molecular weight excluding hydrogens is 152 g/mol. The molecule has 0 saturated carbocycles. The Hall–Kier alpha value is -1.06. The van der Waals surface area contributed by atoms with E-state index in [1.165, 1.54) is 11.1 Å². The van der Waals surface area contributed by atoms with Crippen LogP contribution in [0.3, 0.4) is 0 Å². The van der Waals surface area contributed by atoms with Gasteiger partial charge < -0.3 is 10.6 Å². The molecule has 0 fully saturated rings. The molecule has 0 saturated heterocycles. The molecule has 1 aromatic rings. The maximum Gasteiger partial charge on any atom is 0.0575 e. The average molecular weight is 164 g/mol. The first-order valence-electron chi connectivity index (χ1n) is 3.96.